The minimum absolute atomic E-state index is 0.197. The zero-order valence-electron chi connectivity index (χ0n) is 19.5. The molecule has 1 amide bonds. The molecule has 0 atom stereocenters. The monoisotopic (exact) mass is 479 g/mol. The van der Waals surface area contributed by atoms with Gasteiger partial charge in [-0.25, -0.2) is 5.84 Å². The minimum atomic E-state index is -0.263. The maximum Gasteiger partial charge on any atom is 0.265 e. The fourth-order valence-corrected chi connectivity index (χ4v) is 3.90. The molecule has 1 aliphatic rings. The molecule has 4 aromatic rings. The van der Waals surface area contributed by atoms with Crippen LogP contribution in [0.3, 0.4) is 0 Å². The normalized spacial score (nSPS) is 11.4. The fourth-order valence-electron chi connectivity index (χ4n) is 3.90. The van der Waals surface area contributed by atoms with Gasteiger partial charge in [-0.15, -0.1) is 0 Å². The summed E-state index contributed by atoms with van der Waals surface area (Å²) >= 11 is 0. The number of nitrogen functional groups attached to an aromatic ring is 2. The fraction of sp³-hybridized carbons (Fsp3) is 0.0357. The third kappa shape index (κ3) is 4.79. The van der Waals surface area contributed by atoms with E-state index in [9.17, 15) is 14.4 Å². The number of nitrogens with one attached hydrogen (secondary N) is 3. The third-order valence-electron chi connectivity index (χ3n) is 5.73. The summed E-state index contributed by atoms with van der Waals surface area (Å²) in [6.07, 6.45) is 0. The molecule has 0 fully saturated rings. The van der Waals surface area contributed by atoms with Gasteiger partial charge in [-0.2, -0.15) is 0 Å². The van der Waals surface area contributed by atoms with Gasteiger partial charge in [-0.1, -0.05) is 42.5 Å². The highest BCUT2D eigenvalue weighted by Crippen LogP contribution is 2.36. The number of hydrogen-bond acceptors (Lipinski definition) is 7. The predicted octanol–water partition coefficient (Wildman–Crippen LogP) is 4.12. The Labute approximate surface area is 208 Å². The standard InChI is InChI=1S/C21H17N3O2.C7H8N2O/c1-23-12-6-8-13(9-7-12)24-17-11-10-16(22)18-19(17)21(26)15-5-3-2-4-14(15)20(18)25;8-9-7(10)6-4-2-1-3-5-6/h2-11,23-24H,22H2,1H3;1-5H,8H2,(H,9,10). The first-order valence-electron chi connectivity index (χ1n) is 11.2. The first-order valence-corrected chi connectivity index (χ1v) is 11.2. The average molecular weight is 480 g/mol. The highest BCUT2D eigenvalue weighted by Gasteiger charge is 2.33. The summed E-state index contributed by atoms with van der Waals surface area (Å²) in [5.74, 6) is 4.22. The SMILES string of the molecule is CNc1ccc(Nc2ccc(N)c3c2C(=O)c2ccccc2C3=O)cc1.NNC(=O)c1ccccc1. The molecule has 0 heterocycles. The van der Waals surface area contributed by atoms with Gasteiger partial charge in [0.05, 0.1) is 16.8 Å². The van der Waals surface area contributed by atoms with Gasteiger partial charge in [0.2, 0.25) is 0 Å². The highest BCUT2D eigenvalue weighted by molar-refractivity contribution is 6.31. The number of fused-ring (bicyclic) bond motifs is 2. The number of amides is 1. The Hall–Kier alpha value is -4.95. The number of rotatable bonds is 4. The van der Waals surface area contributed by atoms with E-state index in [-0.39, 0.29) is 23.0 Å². The molecule has 0 saturated carbocycles. The molecule has 4 aromatic carbocycles. The van der Waals surface area contributed by atoms with Crippen molar-refractivity contribution in [1.82, 2.24) is 5.43 Å². The number of carbonyl (C=O) groups excluding carboxylic acids is 3. The Morgan fingerprint density at radius 3 is 1.83 bits per heavy atom. The van der Waals surface area contributed by atoms with Crippen molar-refractivity contribution in [2.45, 2.75) is 0 Å². The van der Waals surface area contributed by atoms with Crippen molar-refractivity contribution in [1.29, 1.82) is 0 Å². The van der Waals surface area contributed by atoms with Crippen LogP contribution in [0.1, 0.15) is 42.2 Å². The van der Waals surface area contributed by atoms with E-state index >= 15 is 0 Å². The maximum atomic E-state index is 13.1. The number of ketones is 2. The molecule has 0 aliphatic heterocycles. The molecule has 7 N–H and O–H groups in total. The van der Waals surface area contributed by atoms with Crippen molar-refractivity contribution in [3.05, 3.63) is 119 Å². The lowest BCUT2D eigenvalue weighted by Crippen LogP contribution is -2.29. The van der Waals surface area contributed by atoms with Crippen LogP contribution in [0.15, 0.2) is 91.0 Å². The molecule has 36 heavy (non-hydrogen) atoms. The Balaban J connectivity index is 0.000000256. The molecule has 0 saturated heterocycles. The molecule has 0 spiro atoms. The van der Waals surface area contributed by atoms with E-state index < -0.39 is 0 Å². The van der Waals surface area contributed by atoms with Gasteiger partial charge in [0.25, 0.3) is 5.91 Å². The summed E-state index contributed by atoms with van der Waals surface area (Å²) in [6, 6.07) is 26.7. The molecule has 1 aliphatic carbocycles. The summed E-state index contributed by atoms with van der Waals surface area (Å²) in [5.41, 5.74) is 12.7. The second-order valence-corrected chi connectivity index (χ2v) is 7.95. The second-order valence-electron chi connectivity index (χ2n) is 7.95. The van der Waals surface area contributed by atoms with Crippen molar-refractivity contribution in [2.75, 3.05) is 23.4 Å². The van der Waals surface area contributed by atoms with E-state index in [0.717, 1.165) is 11.4 Å². The zero-order valence-corrected chi connectivity index (χ0v) is 19.5. The molecule has 180 valence electrons. The van der Waals surface area contributed by atoms with Crippen LogP contribution in [0, 0.1) is 0 Å². The van der Waals surface area contributed by atoms with Gasteiger partial charge >= 0.3 is 0 Å². The number of carbonyl (C=O) groups is 3. The maximum absolute atomic E-state index is 13.1. The molecular formula is C28H25N5O3. The van der Waals surface area contributed by atoms with Crippen LogP contribution < -0.4 is 27.6 Å². The van der Waals surface area contributed by atoms with Crippen LogP contribution >= 0.6 is 0 Å². The van der Waals surface area contributed by atoms with Gasteiger partial charge < -0.3 is 16.4 Å². The van der Waals surface area contributed by atoms with Gasteiger partial charge in [-0.05, 0) is 48.5 Å². The van der Waals surface area contributed by atoms with Gasteiger partial charge in [0, 0.05) is 40.8 Å². The smallest absolute Gasteiger partial charge is 0.265 e. The molecule has 0 bridgehead atoms. The number of nitrogens with two attached hydrogens (primary N) is 2. The topological polar surface area (TPSA) is 139 Å². The summed E-state index contributed by atoms with van der Waals surface area (Å²) in [5, 5.41) is 6.29. The second kappa shape index (κ2) is 10.5. The lowest BCUT2D eigenvalue weighted by atomic mass is 9.82. The molecule has 0 aromatic heterocycles. The van der Waals surface area contributed by atoms with Gasteiger partial charge in [0.1, 0.15) is 0 Å². The summed E-state index contributed by atoms with van der Waals surface area (Å²) in [6.45, 7) is 0. The lowest BCUT2D eigenvalue weighted by Gasteiger charge is -2.22. The third-order valence-corrected chi connectivity index (χ3v) is 5.73. The summed E-state index contributed by atoms with van der Waals surface area (Å²) in [4.78, 5) is 36.7. The van der Waals surface area contributed by atoms with E-state index in [1.54, 1.807) is 60.7 Å². The lowest BCUT2D eigenvalue weighted by molar-refractivity contribution is 0.0952. The van der Waals surface area contributed by atoms with E-state index in [1.165, 1.54) is 0 Å². The van der Waals surface area contributed by atoms with E-state index in [1.807, 2.05) is 42.8 Å². The Morgan fingerprint density at radius 2 is 1.25 bits per heavy atom. The molecule has 0 unspecified atom stereocenters. The number of benzene rings is 4. The molecular weight excluding hydrogens is 454 g/mol. The van der Waals surface area contributed by atoms with Crippen LogP contribution in [0.2, 0.25) is 0 Å². The van der Waals surface area contributed by atoms with E-state index in [2.05, 4.69) is 10.6 Å². The molecule has 8 heteroatoms. The highest BCUT2D eigenvalue weighted by atomic mass is 16.2. The van der Waals surface area contributed by atoms with Gasteiger partial charge in [0.15, 0.2) is 11.6 Å². The molecule has 8 nitrogen and oxygen atoms in total. The Morgan fingerprint density at radius 1 is 0.694 bits per heavy atom. The van der Waals surface area contributed by atoms with Crippen LogP contribution in [0.25, 0.3) is 0 Å². The van der Waals surface area contributed by atoms with Crippen LogP contribution in [-0.2, 0) is 0 Å². The van der Waals surface area contributed by atoms with Crippen molar-refractivity contribution in [3.8, 4) is 0 Å². The number of hydrazine groups is 1. The Kier molecular flexibility index (Phi) is 7.08. The first kappa shape index (κ1) is 24.2. The van der Waals surface area contributed by atoms with Crippen molar-refractivity contribution in [2.24, 2.45) is 5.84 Å². The van der Waals surface area contributed by atoms with Gasteiger partial charge in [-0.3, -0.25) is 19.8 Å². The number of hydrogen-bond donors (Lipinski definition) is 5. The zero-order chi connectivity index (χ0) is 25.7. The number of anilines is 4. The van der Waals surface area contributed by atoms with E-state index in [0.29, 0.717) is 33.6 Å². The Bertz CT molecular complexity index is 1430. The summed E-state index contributed by atoms with van der Waals surface area (Å²) in [7, 11) is 1.85. The largest absolute Gasteiger partial charge is 0.398 e. The molecule has 0 radical (unpaired) electrons. The van der Waals surface area contributed by atoms with Crippen molar-refractivity contribution >= 4 is 40.2 Å². The minimum Gasteiger partial charge on any atom is -0.398 e. The van der Waals surface area contributed by atoms with Crippen LogP contribution in [0.4, 0.5) is 22.7 Å². The average Bonchev–Trinajstić information content (AvgIpc) is 2.93. The first-order chi connectivity index (χ1) is 17.4. The van der Waals surface area contributed by atoms with Crippen LogP contribution in [0.5, 0.6) is 0 Å². The molecule has 5 rings (SSSR count). The quantitative estimate of drug-likeness (QED) is 0.113. The predicted molar refractivity (Wildman–Crippen MR) is 142 cm³/mol. The van der Waals surface area contributed by atoms with E-state index in [4.69, 9.17) is 11.6 Å². The summed E-state index contributed by atoms with van der Waals surface area (Å²) < 4.78 is 0. The van der Waals surface area contributed by atoms with Crippen molar-refractivity contribution in [3.63, 3.8) is 0 Å². The van der Waals surface area contributed by atoms with Crippen LogP contribution in [-0.4, -0.2) is 24.5 Å². The van der Waals surface area contributed by atoms with Crippen molar-refractivity contribution < 1.29 is 14.4 Å².